The number of hydrogen-bond acceptors (Lipinski definition) is 7. The standard InChI is InChI=1S/C22H23N3O3S2/c1-3-4-5-6-11-28-16-10-9-15(13-17(16)27-2)14-19-21(26)25-22(30-19)23-20(24-25)18-8-7-12-29-18/h7-10,12-14H,3-6,11H2,1-2H3/b19-14-. The average molecular weight is 442 g/mol. The molecule has 0 aliphatic rings. The molecule has 0 aliphatic heterocycles. The normalized spacial score (nSPS) is 12.0. The molecular formula is C22H23N3O3S2. The summed E-state index contributed by atoms with van der Waals surface area (Å²) < 4.78 is 13.3. The van der Waals surface area contributed by atoms with Gasteiger partial charge in [-0.15, -0.1) is 16.4 Å². The molecule has 0 amide bonds. The van der Waals surface area contributed by atoms with Gasteiger partial charge in [-0.3, -0.25) is 4.79 Å². The maximum Gasteiger partial charge on any atom is 0.291 e. The molecule has 3 heterocycles. The molecule has 6 nitrogen and oxygen atoms in total. The van der Waals surface area contributed by atoms with Gasteiger partial charge >= 0.3 is 0 Å². The predicted octanol–water partition coefficient (Wildman–Crippen LogP) is 4.39. The van der Waals surface area contributed by atoms with Gasteiger partial charge in [-0.1, -0.05) is 49.7 Å². The van der Waals surface area contributed by atoms with Crippen LogP contribution in [-0.2, 0) is 0 Å². The van der Waals surface area contributed by atoms with Gasteiger partial charge in [0.1, 0.15) is 0 Å². The van der Waals surface area contributed by atoms with Crippen LogP contribution in [0.2, 0.25) is 0 Å². The van der Waals surface area contributed by atoms with Crippen LogP contribution < -0.4 is 19.6 Å². The van der Waals surface area contributed by atoms with Crippen molar-refractivity contribution in [3.05, 3.63) is 56.2 Å². The Morgan fingerprint density at radius 3 is 2.80 bits per heavy atom. The second kappa shape index (κ2) is 9.40. The van der Waals surface area contributed by atoms with E-state index in [2.05, 4.69) is 17.0 Å². The highest BCUT2D eigenvalue weighted by Gasteiger charge is 2.13. The molecule has 1 aromatic carbocycles. The molecule has 0 saturated heterocycles. The Bertz CT molecular complexity index is 1230. The third kappa shape index (κ3) is 4.39. The first-order valence-electron chi connectivity index (χ1n) is 9.95. The summed E-state index contributed by atoms with van der Waals surface area (Å²) in [4.78, 5) is 18.8. The zero-order chi connectivity index (χ0) is 20.9. The Labute approximate surface area is 182 Å². The number of fused-ring (bicyclic) bond motifs is 1. The van der Waals surface area contributed by atoms with Gasteiger partial charge in [-0.05, 0) is 41.6 Å². The van der Waals surface area contributed by atoms with Crippen LogP contribution in [0.25, 0.3) is 21.7 Å². The molecule has 0 bridgehead atoms. The molecular weight excluding hydrogens is 418 g/mol. The van der Waals surface area contributed by atoms with Crippen LogP contribution in [0.3, 0.4) is 0 Å². The van der Waals surface area contributed by atoms with Crippen LogP contribution in [0, 0.1) is 0 Å². The summed E-state index contributed by atoms with van der Waals surface area (Å²) in [5.41, 5.74) is 0.700. The molecule has 0 spiro atoms. The number of aromatic nitrogens is 3. The maximum atomic E-state index is 12.8. The summed E-state index contributed by atoms with van der Waals surface area (Å²) in [6.07, 6.45) is 6.45. The Kier molecular flexibility index (Phi) is 6.44. The Morgan fingerprint density at radius 1 is 1.17 bits per heavy atom. The van der Waals surface area contributed by atoms with Crippen molar-refractivity contribution >= 4 is 33.7 Å². The van der Waals surface area contributed by atoms with Crippen molar-refractivity contribution in [2.45, 2.75) is 32.6 Å². The number of thiazole rings is 1. The average Bonchev–Trinajstić information content (AvgIpc) is 3.48. The summed E-state index contributed by atoms with van der Waals surface area (Å²) in [5, 5.41) is 6.33. The van der Waals surface area contributed by atoms with Crippen molar-refractivity contribution in [3.8, 4) is 22.2 Å². The summed E-state index contributed by atoms with van der Waals surface area (Å²) in [6.45, 7) is 2.86. The highest BCUT2D eigenvalue weighted by molar-refractivity contribution is 7.15. The first kappa shape index (κ1) is 20.6. The van der Waals surface area contributed by atoms with Gasteiger partial charge in [-0.25, -0.2) is 0 Å². The van der Waals surface area contributed by atoms with Crippen LogP contribution in [0.15, 0.2) is 40.5 Å². The van der Waals surface area contributed by atoms with E-state index in [1.165, 1.54) is 35.1 Å². The molecule has 0 fully saturated rings. The van der Waals surface area contributed by atoms with E-state index in [1.54, 1.807) is 18.4 Å². The molecule has 8 heteroatoms. The molecule has 0 saturated carbocycles. The molecule has 0 N–H and O–H groups in total. The van der Waals surface area contributed by atoms with Crippen LogP contribution in [0.4, 0.5) is 0 Å². The van der Waals surface area contributed by atoms with E-state index in [0.29, 0.717) is 27.7 Å². The largest absolute Gasteiger partial charge is 0.493 e. The van der Waals surface area contributed by atoms with Gasteiger partial charge in [0.25, 0.3) is 5.56 Å². The molecule has 3 aromatic heterocycles. The molecule has 156 valence electrons. The minimum Gasteiger partial charge on any atom is -0.493 e. The molecule has 0 aliphatic carbocycles. The van der Waals surface area contributed by atoms with E-state index in [4.69, 9.17) is 9.47 Å². The fourth-order valence-electron chi connectivity index (χ4n) is 3.10. The van der Waals surface area contributed by atoms with E-state index in [0.717, 1.165) is 22.6 Å². The Morgan fingerprint density at radius 2 is 2.07 bits per heavy atom. The molecule has 4 rings (SSSR count). The van der Waals surface area contributed by atoms with Gasteiger partial charge in [0.05, 0.1) is 23.1 Å². The van der Waals surface area contributed by atoms with Crippen molar-refractivity contribution in [1.29, 1.82) is 0 Å². The second-order valence-corrected chi connectivity index (χ2v) is 8.80. The molecule has 30 heavy (non-hydrogen) atoms. The van der Waals surface area contributed by atoms with Crippen molar-refractivity contribution in [2.75, 3.05) is 13.7 Å². The highest BCUT2D eigenvalue weighted by atomic mass is 32.1. The highest BCUT2D eigenvalue weighted by Crippen LogP contribution is 2.28. The summed E-state index contributed by atoms with van der Waals surface area (Å²) in [6, 6.07) is 9.59. The number of hydrogen-bond donors (Lipinski definition) is 0. The Hall–Kier alpha value is -2.71. The van der Waals surface area contributed by atoms with E-state index >= 15 is 0 Å². The summed E-state index contributed by atoms with van der Waals surface area (Å²) >= 11 is 2.88. The van der Waals surface area contributed by atoms with Gasteiger partial charge < -0.3 is 9.47 Å². The summed E-state index contributed by atoms with van der Waals surface area (Å²) in [7, 11) is 1.62. The molecule has 0 radical (unpaired) electrons. The fourth-order valence-corrected chi connectivity index (χ4v) is 4.66. The first-order valence-corrected chi connectivity index (χ1v) is 11.6. The van der Waals surface area contributed by atoms with Gasteiger partial charge in [0, 0.05) is 0 Å². The topological polar surface area (TPSA) is 65.7 Å². The maximum absolute atomic E-state index is 12.8. The fraction of sp³-hybridized carbons (Fsp3) is 0.318. The van der Waals surface area contributed by atoms with Crippen LogP contribution in [0.1, 0.15) is 38.2 Å². The van der Waals surface area contributed by atoms with Crippen molar-refractivity contribution in [2.24, 2.45) is 0 Å². The Balaban J connectivity index is 1.56. The van der Waals surface area contributed by atoms with E-state index in [1.807, 2.05) is 41.8 Å². The van der Waals surface area contributed by atoms with Crippen molar-refractivity contribution in [1.82, 2.24) is 14.6 Å². The quantitative estimate of drug-likeness (QED) is 0.360. The van der Waals surface area contributed by atoms with Gasteiger partial charge in [-0.2, -0.15) is 9.50 Å². The number of benzene rings is 1. The minimum absolute atomic E-state index is 0.166. The lowest BCUT2D eigenvalue weighted by Gasteiger charge is -2.11. The zero-order valence-electron chi connectivity index (χ0n) is 17.0. The lowest BCUT2D eigenvalue weighted by molar-refractivity contribution is 0.285. The third-order valence-corrected chi connectivity index (χ3v) is 6.49. The van der Waals surface area contributed by atoms with Crippen molar-refractivity contribution < 1.29 is 9.47 Å². The predicted molar refractivity (Wildman–Crippen MR) is 122 cm³/mol. The number of methoxy groups -OCH3 is 1. The van der Waals surface area contributed by atoms with Crippen molar-refractivity contribution in [3.63, 3.8) is 0 Å². The van der Waals surface area contributed by atoms with E-state index < -0.39 is 0 Å². The third-order valence-electron chi connectivity index (χ3n) is 4.66. The second-order valence-electron chi connectivity index (χ2n) is 6.84. The van der Waals surface area contributed by atoms with E-state index in [-0.39, 0.29) is 5.56 Å². The SMILES string of the molecule is CCCCCCOc1ccc(/C=c2\sc3nc(-c4cccs4)nn3c2=O)cc1OC. The number of ether oxygens (including phenoxy) is 2. The lowest BCUT2D eigenvalue weighted by Crippen LogP contribution is -2.23. The van der Waals surface area contributed by atoms with Crippen LogP contribution >= 0.6 is 22.7 Å². The van der Waals surface area contributed by atoms with Crippen LogP contribution in [0.5, 0.6) is 11.5 Å². The molecule has 0 unspecified atom stereocenters. The summed E-state index contributed by atoms with van der Waals surface area (Å²) in [5.74, 6) is 1.96. The van der Waals surface area contributed by atoms with Gasteiger partial charge in [0.2, 0.25) is 4.96 Å². The number of rotatable bonds is 9. The molecule has 4 aromatic rings. The minimum atomic E-state index is -0.166. The zero-order valence-corrected chi connectivity index (χ0v) is 18.6. The smallest absolute Gasteiger partial charge is 0.291 e. The number of nitrogens with zero attached hydrogens (tertiary/aromatic N) is 3. The number of unbranched alkanes of at least 4 members (excludes halogenated alkanes) is 3. The molecule has 0 atom stereocenters. The lowest BCUT2D eigenvalue weighted by atomic mass is 10.2. The van der Waals surface area contributed by atoms with E-state index in [9.17, 15) is 4.79 Å². The van der Waals surface area contributed by atoms with Crippen LogP contribution in [-0.4, -0.2) is 28.3 Å². The number of thiophene rings is 1. The monoisotopic (exact) mass is 441 g/mol. The van der Waals surface area contributed by atoms with Gasteiger partial charge in [0.15, 0.2) is 17.3 Å². The first-order chi connectivity index (χ1) is 14.7.